The molecule has 4 aliphatic rings. The number of fused-ring (bicyclic) bond motifs is 2. The third-order valence-corrected chi connectivity index (χ3v) is 6.52. The summed E-state index contributed by atoms with van der Waals surface area (Å²) in [7, 11) is 3.23. The van der Waals surface area contributed by atoms with E-state index in [2.05, 4.69) is 27.5 Å². The molecule has 5 rings (SSSR count). The molecule has 2 N–H and O–H groups in total. The van der Waals surface area contributed by atoms with Crippen LogP contribution in [0, 0.1) is 17.8 Å². The van der Waals surface area contributed by atoms with E-state index in [9.17, 15) is 19.2 Å². The molecule has 0 aromatic heterocycles. The van der Waals surface area contributed by atoms with Crippen molar-refractivity contribution in [3.63, 3.8) is 0 Å². The van der Waals surface area contributed by atoms with Gasteiger partial charge in [0, 0.05) is 37.3 Å². The summed E-state index contributed by atoms with van der Waals surface area (Å²) < 4.78 is 5.21. The Morgan fingerprint density at radius 3 is 2.79 bits per heavy atom. The first kappa shape index (κ1) is 21.7. The maximum atomic E-state index is 13.0. The Bertz CT molecular complexity index is 1260. The minimum atomic E-state index is -1.56. The number of benzene rings is 1. The van der Waals surface area contributed by atoms with Crippen molar-refractivity contribution in [2.24, 2.45) is 10.9 Å². The van der Waals surface area contributed by atoms with E-state index >= 15 is 0 Å². The van der Waals surface area contributed by atoms with Crippen LogP contribution in [-0.4, -0.2) is 72.2 Å². The molecule has 0 spiro atoms. The van der Waals surface area contributed by atoms with Crippen LogP contribution in [0.1, 0.15) is 28.8 Å². The number of ether oxygens (including phenoxy) is 1. The van der Waals surface area contributed by atoms with Crippen LogP contribution in [-0.2, 0) is 11.3 Å². The maximum absolute atomic E-state index is 13.0. The van der Waals surface area contributed by atoms with Gasteiger partial charge in [0.05, 0.1) is 13.7 Å². The lowest BCUT2D eigenvalue weighted by Gasteiger charge is -2.30. The van der Waals surface area contributed by atoms with Crippen molar-refractivity contribution in [2.75, 3.05) is 27.2 Å². The molecule has 0 saturated carbocycles. The number of imide groups is 1. The second-order valence-corrected chi connectivity index (χ2v) is 8.81. The van der Waals surface area contributed by atoms with Gasteiger partial charge >= 0.3 is 12.1 Å². The highest BCUT2D eigenvalue weighted by Gasteiger charge is 2.48. The molecule has 1 fully saturated rings. The van der Waals surface area contributed by atoms with Gasteiger partial charge in [-0.3, -0.25) is 14.9 Å². The molecule has 174 valence electrons. The van der Waals surface area contributed by atoms with Crippen molar-refractivity contribution in [1.82, 2.24) is 20.4 Å². The number of rotatable bonds is 3. The molecule has 0 radical (unpaired) electrons. The van der Waals surface area contributed by atoms with Gasteiger partial charge in [0.15, 0.2) is 0 Å². The third-order valence-electron chi connectivity index (χ3n) is 6.52. The van der Waals surface area contributed by atoms with Crippen LogP contribution in [0.15, 0.2) is 34.8 Å². The molecule has 1 aliphatic carbocycles. The van der Waals surface area contributed by atoms with Gasteiger partial charge in [-0.2, -0.15) is 0 Å². The molecular formula is C24H23N5O5. The first-order chi connectivity index (χ1) is 16.3. The monoisotopic (exact) mass is 461 g/mol. The Hall–Kier alpha value is -4.13. The predicted octanol–water partition coefficient (Wildman–Crippen LogP) is 1.08. The highest BCUT2D eigenvalue weighted by Crippen LogP contribution is 2.29. The number of hydrogen-bond acceptors (Lipinski definition) is 5. The smallest absolute Gasteiger partial charge is 0.343 e. The van der Waals surface area contributed by atoms with Gasteiger partial charge in [0.1, 0.15) is 5.75 Å². The van der Waals surface area contributed by atoms with Crippen molar-refractivity contribution < 1.29 is 23.9 Å². The van der Waals surface area contributed by atoms with Gasteiger partial charge in [0.2, 0.25) is 5.54 Å². The first-order valence-electron chi connectivity index (χ1n) is 10.9. The number of hydrogen-bond donors (Lipinski definition) is 2. The van der Waals surface area contributed by atoms with Crippen LogP contribution in [0.25, 0.3) is 0 Å². The topological polar surface area (TPSA) is 120 Å². The van der Waals surface area contributed by atoms with Crippen molar-refractivity contribution in [2.45, 2.75) is 24.9 Å². The maximum Gasteiger partial charge on any atom is 0.343 e. The average Bonchev–Trinajstić information content (AvgIpc) is 3.27. The fourth-order valence-corrected chi connectivity index (χ4v) is 4.65. The Balaban J connectivity index is 1.41. The van der Waals surface area contributed by atoms with E-state index in [1.165, 1.54) is 12.0 Å². The minimum Gasteiger partial charge on any atom is -0.497 e. The quantitative estimate of drug-likeness (QED) is 0.516. The number of aliphatic imine (C=N–C) groups is 1. The van der Waals surface area contributed by atoms with Crippen LogP contribution in [0.3, 0.4) is 0 Å². The average molecular weight is 461 g/mol. The van der Waals surface area contributed by atoms with Crippen LogP contribution in [0.4, 0.5) is 9.59 Å². The summed E-state index contributed by atoms with van der Waals surface area (Å²) in [4.78, 5) is 56.9. The highest BCUT2D eigenvalue weighted by molar-refractivity contribution is 6.10. The van der Waals surface area contributed by atoms with Gasteiger partial charge in [-0.25, -0.2) is 14.6 Å². The van der Waals surface area contributed by atoms with Gasteiger partial charge < -0.3 is 19.9 Å². The summed E-state index contributed by atoms with van der Waals surface area (Å²) in [5.41, 5.74) is 1.40. The lowest BCUT2D eigenvalue weighted by molar-refractivity contribution is -0.122. The SMILES string of the molecule is COc1ccc2c(c1)C(=O)N(CC1(C#CC3=CC4CN(C)C(=O)N=C4CC3)NC(=O)NC1=O)C2. The predicted molar refractivity (Wildman–Crippen MR) is 121 cm³/mol. The third kappa shape index (κ3) is 3.69. The van der Waals surface area contributed by atoms with E-state index in [1.54, 1.807) is 24.1 Å². The standard InChI is InChI=1S/C24H23N5O5/c1-28-11-16-9-14(3-6-19(16)25-23(28)33)7-8-24(21(31)26-22(32)27-24)13-29-12-15-4-5-17(34-2)10-18(15)20(29)30/h4-5,9-10,16H,3,6,11-13H2,1-2H3,(H2,26,27,31,32). The minimum absolute atomic E-state index is 0.0201. The molecule has 10 heteroatoms. The van der Waals surface area contributed by atoms with Gasteiger partial charge in [-0.1, -0.05) is 24.0 Å². The Morgan fingerprint density at radius 1 is 1.24 bits per heavy atom. The summed E-state index contributed by atoms with van der Waals surface area (Å²) in [6.07, 6.45) is 3.15. The summed E-state index contributed by atoms with van der Waals surface area (Å²) in [5, 5.41) is 4.87. The molecular weight excluding hydrogens is 438 g/mol. The van der Waals surface area contributed by atoms with Crippen molar-refractivity contribution >= 4 is 29.6 Å². The van der Waals surface area contributed by atoms with Crippen LogP contribution >= 0.6 is 0 Å². The van der Waals surface area contributed by atoms with Gasteiger partial charge in [-0.05, 0) is 36.1 Å². The van der Waals surface area contributed by atoms with E-state index in [1.807, 2.05) is 12.1 Å². The molecule has 0 bridgehead atoms. The van der Waals surface area contributed by atoms with E-state index in [-0.39, 0.29) is 24.4 Å². The zero-order valence-electron chi connectivity index (χ0n) is 18.8. The fourth-order valence-electron chi connectivity index (χ4n) is 4.65. The number of nitrogens with zero attached hydrogens (tertiary/aromatic N) is 3. The van der Waals surface area contributed by atoms with E-state index in [0.717, 1.165) is 16.8 Å². The zero-order valence-corrected chi connectivity index (χ0v) is 18.8. The molecule has 1 aromatic carbocycles. The lowest BCUT2D eigenvalue weighted by atomic mass is 9.87. The highest BCUT2D eigenvalue weighted by atomic mass is 16.5. The molecule has 3 aliphatic heterocycles. The lowest BCUT2D eigenvalue weighted by Crippen LogP contribution is -2.54. The molecule has 2 unspecified atom stereocenters. The van der Waals surface area contributed by atoms with E-state index in [4.69, 9.17) is 4.74 Å². The summed E-state index contributed by atoms with van der Waals surface area (Å²) in [6.45, 7) is 0.735. The second-order valence-electron chi connectivity index (χ2n) is 8.81. The number of allylic oxidation sites excluding steroid dienone is 1. The summed E-state index contributed by atoms with van der Waals surface area (Å²) in [6, 6.07) is 4.37. The second kappa shape index (κ2) is 8.02. The zero-order chi connectivity index (χ0) is 24.0. The van der Waals surface area contributed by atoms with Crippen LogP contribution in [0.5, 0.6) is 5.75 Å². The number of amides is 6. The summed E-state index contributed by atoms with van der Waals surface area (Å²) >= 11 is 0. The Kier molecular flexibility index (Phi) is 5.12. The van der Waals surface area contributed by atoms with Gasteiger partial charge in [0.25, 0.3) is 11.8 Å². The van der Waals surface area contributed by atoms with Crippen molar-refractivity contribution in [3.05, 3.63) is 41.0 Å². The van der Waals surface area contributed by atoms with Crippen LogP contribution < -0.4 is 15.4 Å². The van der Waals surface area contributed by atoms with E-state index < -0.39 is 17.5 Å². The Morgan fingerprint density at radius 2 is 2.06 bits per heavy atom. The normalized spacial score (nSPS) is 25.5. The molecule has 10 nitrogen and oxygen atoms in total. The molecule has 34 heavy (non-hydrogen) atoms. The molecule has 6 amide bonds. The molecule has 2 atom stereocenters. The molecule has 1 saturated heterocycles. The van der Waals surface area contributed by atoms with Crippen molar-refractivity contribution in [3.8, 4) is 17.6 Å². The number of carbonyl (C=O) groups excluding carboxylic acids is 4. The fraction of sp³-hybridized carbons (Fsp3) is 0.375. The Labute approximate surface area is 196 Å². The summed E-state index contributed by atoms with van der Waals surface area (Å²) in [5.74, 6) is 5.72. The van der Waals surface area contributed by atoms with Gasteiger partial charge in [-0.15, -0.1) is 0 Å². The number of methoxy groups -OCH3 is 1. The van der Waals surface area contributed by atoms with E-state index in [0.29, 0.717) is 37.2 Å². The molecule has 3 heterocycles. The number of nitrogens with one attached hydrogen (secondary N) is 2. The first-order valence-corrected chi connectivity index (χ1v) is 10.9. The van der Waals surface area contributed by atoms with Crippen molar-refractivity contribution in [1.29, 1.82) is 0 Å². The number of carbonyl (C=O) groups is 4. The van der Waals surface area contributed by atoms with Crippen LogP contribution in [0.2, 0.25) is 0 Å². The largest absolute Gasteiger partial charge is 0.497 e. The molecule has 1 aromatic rings. The number of urea groups is 2.